The Kier molecular flexibility index (Phi) is 1.91. The summed E-state index contributed by atoms with van der Waals surface area (Å²) in [6, 6.07) is 0.241. The SMILES string of the molecule is CN=C1CSC[C@H]1N. The molecule has 0 unspecified atom stereocenters. The van der Waals surface area contributed by atoms with Gasteiger partial charge in [-0.1, -0.05) is 0 Å². The lowest BCUT2D eigenvalue weighted by molar-refractivity contribution is 0.997. The van der Waals surface area contributed by atoms with Crippen LogP contribution in [0.15, 0.2) is 4.99 Å². The molecule has 0 saturated carbocycles. The highest BCUT2D eigenvalue weighted by molar-refractivity contribution is 8.00. The van der Waals surface area contributed by atoms with Gasteiger partial charge < -0.3 is 5.73 Å². The Balaban J connectivity index is 2.55. The third-order valence-corrected chi connectivity index (χ3v) is 2.36. The highest BCUT2D eigenvalue weighted by atomic mass is 32.2. The number of nitrogens with two attached hydrogens (primary N) is 1. The molecule has 2 nitrogen and oxygen atoms in total. The van der Waals surface area contributed by atoms with Crippen molar-refractivity contribution < 1.29 is 0 Å². The first kappa shape index (κ1) is 6.11. The Morgan fingerprint density at radius 1 is 1.88 bits per heavy atom. The van der Waals surface area contributed by atoms with E-state index >= 15 is 0 Å². The lowest BCUT2D eigenvalue weighted by atomic mass is 10.2. The van der Waals surface area contributed by atoms with Crippen LogP contribution in [0, 0.1) is 0 Å². The summed E-state index contributed by atoms with van der Waals surface area (Å²) in [5.41, 5.74) is 6.80. The molecule has 2 N–H and O–H groups in total. The van der Waals surface area contributed by atoms with Crippen molar-refractivity contribution in [3.63, 3.8) is 0 Å². The Labute approximate surface area is 53.6 Å². The normalized spacial score (nSPS) is 34.2. The topological polar surface area (TPSA) is 38.4 Å². The molecule has 0 aromatic heterocycles. The average molecular weight is 130 g/mol. The molecule has 0 aromatic rings. The highest BCUT2D eigenvalue weighted by Gasteiger charge is 2.16. The second-order valence-corrected chi connectivity index (χ2v) is 2.87. The number of thioether (sulfide) groups is 1. The summed E-state index contributed by atoms with van der Waals surface area (Å²) in [6.07, 6.45) is 0. The molecule has 0 bridgehead atoms. The van der Waals surface area contributed by atoms with E-state index in [0.29, 0.717) is 0 Å². The minimum absolute atomic E-state index is 0.241. The molecule has 0 aliphatic carbocycles. The number of hydrogen-bond acceptors (Lipinski definition) is 3. The maximum absolute atomic E-state index is 5.64. The third kappa shape index (κ3) is 1.03. The Bertz CT molecular complexity index is 111. The van der Waals surface area contributed by atoms with Crippen molar-refractivity contribution in [2.75, 3.05) is 18.6 Å². The maximum atomic E-state index is 5.64. The van der Waals surface area contributed by atoms with Crippen LogP contribution in [0.5, 0.6) is 0 Å². The molecule has 1 saturated heterocycles. The molecule has 1 fully saturated rings. The molecule has 1 aliphatic rings. The van der Waals surface area contributed by atoms with Crippen LogP contribution in [-0.2, 0) is 0 Å². The van der Waals surface area contributed by atoms with Crippen molar-refractivity contribution in [3.8, 4) is 0 Å². The first-order valence-corrected chi connectivity index (χ1v) is 3.79. The van der Waals surface area contributed by atoms with Gasteiger partial charge in [0.25, 0.3) is 0 Å². The summed E-state index contributed by atoms with van der Waals surface area (Å²) in [5, 5.41) is 0. The van der Waals surface area contributed by atoms with Gasteiger partial charge in [0.1, 0.15) is 0 Å². The predicted molar refractivity (Wildman–Crippen MR) is 38.7 cm³/mol. The lowest BCUT2D eigenvalue weighted by Crippen LogP contribution is -2.28. The predicted octanol–water partition coefficient (Wildman–Crippen LogP) is 0.131. The van der Waals surface area contributed by atoms with Crippen molar-refractivity contribution in [3.05, 3.63) is 0 Å². The molecular formula is C5H10N2S. The number of nitrogens with zero attached hydrogens (tertiary/aromatic N) is 1. The van der Waals surface area contributed by atoms with Gasteiger partial charge in [-0.3, -0.25) is 4.99 Å². The largest absolute Gasteiger partial charge is 0.322 e. The summed E-state index contributed by atoms with van der Waals surface area (Å²) in [7, 11) is 1.81. The van der Waals surface area contributed by atoms with Gasteiger partial charge in [0.05, 0.1) is 6.04 Å². The molecule has 0 amide bonds. The van der Waals surface area contributed by atoms with Crippen LogP contribution in [0.4, 0.5) is 0 Å². The van der Waals surface area contributed by atoms with Crippen LogP contribution in [0.3, 0.4) is 0 Å². The van der Waals surface area contributed by atoms with E-state index in [1.165, 1.54) is 0 Å². The van der Waals surface area contributed by atoms with Gasteiger partial charge >= 0.3 is 0 Å². The van der Waals surface area contributed by atoms with Crippen molar-refractivity contribution in [2.45, 2.75) is 6.04 Å². The average Bonchev–Trinajstić information content (AvgIpc) is 2.14. The molecule has 0 radical (unpaired) electrons. The molecule has 3 heteroatoms. The van der Waals surface area contributed by atoms with Crippen molar-refractivity contribution >= 4 is 17.5 Å². The summed E-state index contributed by atoms with van der Waals surface area (Å²) >= 11 is 1.86. The fourth-order valence-corrected chi connectivity index (χ4v) is 1.84. The molecule has 1 atom stereocenters. The van der Waals surface area contributed by atoms with Crippen molar-refractivity contribution in [1.82, 2.24) is 0 Å². The monoisotopic (exact) mass is 130 g/mol. The quantitative estimate of drug-likeness (QED) is 0.506. The van der Waals surface area contributed by atoms with Gasteiger partial charge in [-0.05, 0) is 0 Å². The minimum atomic E-state index is 0.241. The molecular weight excluding hydrogens is 120 g/mol. The fraction of sp³-hybridized carbons (Fsp3) is 0.800. The van der Waals surface area contributed by atoms with Gasteiger partial charge in [-0.25, -0.2) is 0 Å². The van der Waals surface area contributed by atoms with Crippen LogP contribution < -0.4 is 5.73 Å². The van der Waals surface area contributed by atoms with Gasteiger partial charge in [0, 0.05) is 24.3 Å². The third-order valence-electron chi connectivity index (χ3n) is 1.26. The zero-order chi connectivity index (χ0) is 5.98. The molecule has 8 heavy (non-hydrogen) atoms. The van der Waals surface area contributed by atoms with E-state index in [4.69, 9.17) is 5.73 Å². The second kappa shape index (κ2) is 2.51. The summed E-state index contributed by atoms with van der Waals surface area (Å²) in [4.78, 5) is 4.04. The minimum Gasteiger partial charge on any atom is -0.322 e. The van der Waals surface area contributed by atoms with Crippen molar-refractivity contribution in [2.24, 2.45) is 10.7 Å². The first-order valence-electron chi connectivity index (χ1n) is 2.63. The molecule has 1 heterocycles. The van der Waals surface area contributed by atoms with Crippen LogP contribution in [0.1, 0.15) is 0 Å². The van der Waals surface area contributed by atoms with Crippen molar-refractivity contribution in [1.29, 1.82) is 0 Å². The zero-order valence-electron chi connectivity index (χ0n) is 4.92. The molecule has 1 rings (SSSR count). The number of aliphatic imine (C=N–C) groups is 1. The van der Waals surface area contributed by atoms with E-state index in [2.05, 4.69) is 4.99 Å². The molecule has 1 aliphatic heterocycles. The Morgan fingerprint density at radius 2 is 2.62 bits per heavy atom. The highest BCUT2D eigenvalue weighted by Crippen LogP contribution is 2.12. The van der Waals surface area contributed by atoms with E-state index in [1.54, 1.807) is 7.05 Å². The summed E-state index contributed by atoms with van der Waals surface area (Å²) in [6.45, 7) is 0. The molecule has 0 spiro atoms. The van der Waals surface area contributed by atoms with Crippen LogP contribution in [0.25, 0.3) is 0 Å². The van der Waals surface area contributed by atoms with E-state index in [1.807, 2.05) is 11.8 Å². The summed E-state index contributed by atoms with van der Waals surface area (Å²) < 4.78 is 0. The number of rotatable bonds is 0. The van der Waals surface area contributed by atoms with Crippen LogP contribution in [0.2, 0.25) is 0 Å². The zero-order valence-corrected chi connectivity index (χ0v) is 5.74. The molecule has 0 aromatic carbocycles. The van der Waals surface area contributed by atoms with Gasteiger partial charge in [-0.2, -0.15) is 11.8 Å². The van der Waals surface area contributed by atoms with E-state index in [-0.39, 0.29) is 6.04 Å². The smallest absolute Gasteiger partial charge is 0.0526 e. The van der Waals surface area contributed by atoms with Gasteiger partial charge in [0.15, 0.2) is 0 Å². The fourth-order valence-electron chi connectivity index (χ4n) is 0.724. The van der Waals surface area contributed by atoms with E-state index < -0.39 is 0 Å². The summed E-state index contributed by atoms with van der Waals surface area (Å²) in [5.74, 6) is 2.09. The number of hydrogen-bond donors (Lipinski definition) is 1. The maximum Gasteiger partial charge on any atom is 0.0526 e. The Morgan fingerprint density at radius 3 is 2.88 bits per heavy atom. The first-order chi connectivity index (χ1) is 3.84. The Hall–Kier alpha value is -0.0200. The van der Waals surface area contributed by atoms with E-state index in [9.17, 15) is 0 Å². The van der Waals surface area contributed by atoms with Gasteiger partial charge in [-0.15, -0.1) is 0 Å². The van der Waals surface area contributed by atoms with Crippen LogP contribution in [-0.4, -0.2) is 30.3 Å². The lowest BCUT2D eigenvalue weighted by Gasteiger charge is -1.97. The van der Waals surface area contributed by atoms with Gasteiger partial charge in [0.2, 0.25) is 0 Å². The standard InChI is InChI=1S/C5H10N2S/c1-7-5-3-8-2-4(5)6/h4H,2-3,6H2,1H3/t4-/m1/s1. The molecule has 46 valence electrons. The second-order valence-electron chi connectivity index (χ2n) is 1.84. The van der Waals surface area contributed by atoms with Crippen LogP contribution >= 0.6 is 11.8 Å². The van der Waals surface area contributed by atoms with E-state index in [0.717, 1.165) is 17.2 Å².